The van der Waals surface area contributed by atoms with Gasteiger partial charge in [-0.1, -0.05) is 25.8 Å². The Labute approximate surface area is 116 Å². The van der Waals surface area contributed by atoms with Crippen LogP contribution in [0.15, 0.2) is 18.2 Å². The monoisotopic (exact) mass is 263 g/mol. The number of ether oxygens (including phenoxy) is 2. The van der Waals surface area contributed by atoms with Crippen LogP contribution in [-0.2, 0) is 6.54 Å². The number of hydrogen-bond acceptors (Lipinski definition) is 3. The number of hydrogen-bond donors (Lipinski definition) is 1. The van der Waals surface area contributed by atoms with Gasteiger partial charge in [-0.05, 0) is 24.8 Å². The Hall–Kier alpha value is -1.22. The second kappa shape index (κ2) is 6.80. The quantitative estimate of drug-likeness (QED) is 0.883. The zero-order valence-corrected chi connectivity index (χ0v) is 12.2. The summed E-state index contributed by atoms with van der Waals surface area (Å²) in [7, 11) is 3.39. The number of methoxy groups -OCH3 is 2. The summed E-state index contributed by atoms with van der Waals surface area (Å²) >= 11 is 0. The van der Waals surface area contributed by atoms with Crippen molar-refractivity contribution in [1.82, 2.24) is 5.32 Å². The Balaban J connectivity index is 1.98. The van der Waals surface area contributed by atoms with Gasteiger partial charge in [-0.3, -0.25) is 0 Å². The Bertz CT molecular complexity index is 406. The molecule has 106 valence electrons. The lowest BCUT2D eigenvalue weighted by molar-refractivity contribution is 0.278. The summed E-state index contributed by atoms with van der Waals surface area (Å²) in [6, 6.07) is 6.66. The first-order valence-corrected chi connectivity index (χ1v) is 7.19. The first kappa shape index (κ1) is 14.2. The third-order valence-electron chi connectivity index (χ3n) is 4.16. The van der Waals surface area contributed by atoms with Gasteiger partial charge in [-0.15, -0.1) is 0 Å². The van der Waals surface area contributed by atoms with Crippen LogP contribution >= 0.6 is 0 Å². The molecule has 1 aliphatic carbocycles. The van der Waals surface area contributed by atoms with Gasteiger partial charge in [-0.25, -0.2) is 0 Å². The van der Waals surface area contributed by atoms with E-state index >= 15 is 0 Å². The van der Waals surface area contributed by atoms with Gasteiger partial charge >= 0.3 is 0 Å². The fourth-order valence-electron chi connectivity index (χ4n) is 2.86. The molecule has 3 heteroatoms. The summed E-state index contributed by atoms with van der Waals surface area (Å²) in [6.45, 7) is 3.21. The first-order chi connectivity index (χ1) is 9.24. The van der Waals surface area contributed by atoms with E-state index in [1.54, 1.807) is 14.2 Å². The van der Waals surface area contributed by atoms with Crippen molar-refractivity contribution < 1.29 is 9.47 Å². The lowest BCUT2D eigenvalue weighted by Crippen LogP contribution is -2.36. The number of rotatable bonds is 5. The summed E-state index contributed by atoms with van der Waals surface area (Å²) < 4.78 is 10.7. The molecule has 0 bridgehead atoms. The van der Waals surface area contributed by atoms with Crippen LogP contribution in [0.1, 0.15) is 38.2 Å². The SMILES string of the molecule is COc1ccc(CN[C@@H]2CCCC[C@H]2C)c(OC)c1. The van der Waals surface area contributed by atoms with Gasteiger partial charge in [0, 0.05) is 24.2 Å². The molecular weight excluding hydrogens is 238 g/mol. The van der Waals surface area contributed by atoms with E-state index in [1.165, 1.54) is 31.2 Å². The van der Waals surface area contributed by atoms with E-state index in [9.17, 15) is 0 Å². The van der Waals surface area contributed by atoms with Gasteiger partial charge in [-0.2, -0.15) is 0 Å². The van der Waals surface area contributed by atoms with Crippen LogP contribution in [0.25, 0.3) is 0 Å². The molecule has 0 amide bonds. The van der Waals surface area contributed by atoms with Crippen LogP contribution < -0.4 is 14.8 Å². The van der Waals surface area contributed by atoms with Crippen molar-refractivity contribution in [2.45, 2.75) is 45.2 Å². The lowest BCUT2D eigenvalue weighted by atomic mass is 9.86. The number of benzene rings is 1. The van der Waals surface area contributed by atoms with Gasteiger partial charge < -0.3 is 14.8 Å². The van der Waals surface area contributed by atoms with Crippen molar-refractivity contribution in [3.63, 3.8) is 0 Å². The molecule has 0 unspecified atom stereocenters. The van der Waals surface area contributed by atoms with Gasteiger partial charge in [0.1, 0.15) is 11.5 Å². The van der Waals surface area contributed by atoms with E-state index in [0.29, 0.717) is 6.04 Å². The standard InChI is InChI=1S/C16H25NO2/c1-12-6-4-5-7-15(12)17-11-13-8-9-14(18-2)10-16(13)19-3/h8-10,12,15,17H,4-7,11H2,1-3H3/t12-,15-/m1/s1. The third-order valence-corrected chi connectivity index (χ3v) is 4.16. The topological polar surface area (TPSA) is 30.5 Å². The van der Waals surface area contributed by atoms with Crippen molar-refractivity contribution >= 4 is 0 Å². The number of nitrogens with one attached hydrogen (secondary N) is 1. The Morgan fingerprint density at radius 3 is 2.63 bits per heavy atom. The Morgan fingerprint density at radius 1 is 1.16 bits per heavy atom. The van der Waals surface area contributed by atoms with Crippen molar-refractivity contribution in [1.29, 1.82) is 0 Å². The molecule has 1 saturated carbocycles. The van der Waals surface area contributed by atoms with E-state index < -0.39 is 0 Å². The summed E-state index contributed by atoms with van der Waals surface area (Å²) in [5.74, 6) is 2.51. The minimum Gasteiger partial charge on any atom is -0.497 e. The third kappa shape index (κ3) is 3.63. The Morgan fingerprint density at radius 2 is 1.95 bits per heavy atom. The molecule has 2 atom stereocenters. The normalized spacial score (nSPS) is 23.1. The molecule has 1 aromatic rings. The minimum atomic E-state index is 0.639. The summed E-state index contributed by atoms with van der Waals surface area (Å²) in [4.78, 5) is 0. The highest BCUT2D eigenvalue weighted by Gasteiger charge is 2.20. The van der Waals surface area contributed by atoms with Crippen molar-refractivity contribution in [3.8, 4) is 11.5 Å². The average molecular weight is 263 g/mol. The van der Waals surface area contributed by atoms with Crippen LogP contribution in [0.2, 0.25) is 0 Å². The van der Waals surface area contributed by atoms with E-state index in [4.69, 9.17) is 9.47 Å². The second-order valence-electron chi connectivity index (χ2n) is 5.43. The maximum atomic E-state index is 5.43. The van der Waals surface area contributed by atoms with Crippen LogP contribution in [-0.4, -0.2) is 20.3 Å². The van der Waals surface area contributed by atoms with Crippen molar-refractivity contribution in [2.75, 3.05) is 14.2 Å². The molecule has 0 spiro atoms. The maximum Gasteiger partial charge on any atom is 0.127 e. The molecule has 1 fully saturated rings. The van der Waals surface area contributed by atoms with Crippen LogP contribution in [0, 0.1) is 5.92 Å². The van der Waals surface area contributed by atoms with Gasteiger partial charge in [0.15, 0.2) is 0 Å². The highest BCUT2D eigenvalue weighted by Crippen LogP contribution is 2.27. The predicted octanol–water partition coefficient (Wildman–Crippen LogP) is 3.37. The zero-order valence-electron chi connectivity index (χ0n) is 12.2. The van der Waals surface area contributed by atoms with Crippen LogP contribution in [0.3, 0.4) is 0 Å². The molecular formula is C16H25NO2. The molecule has 0 aromatic heterocycles. The largest absolute Gasteiger partial charge is 0.497 e. The predicted molar refractivity (Wildman–Crippen MR) is 77.8 cm³/mol. The Kier molecular flexibility index (Phi) is 5.08. The molecule has 0 saturated heterocycles. The van der Waals surface area contributed by atoms with E-state index in [-0.39, 0.29) is 0 Å². The lowest BCUT2D eigenvalue weighted by Gasteiger charge is -2.30. The molecule has 2 rings (SSSR count). The summed E-state index contributed by atoms with van der Waals surface area (Å²) in [5.41, 5.74) is 1.20. The fraction of sp³-hybridized carbons (Fsp3) is 0.625. The zero-order chi connectivity index (χ0) is 13.7. The molecule has 0 heterocycles. The summed E-state index contributed by atoms with van der Waals surface area (Å²) in [5, 5.41) is 3.68. The molecule has 0 aliphatic heterocycles. The highest BCUT2D eigenvalue weighted by atomic mass is 16.5. The fourth-order valence-corrected chi connectivity index (χ4v) is 2.86. The minimum absolute atomic E-state index is 0.639. The second-order valence-corrected chi connectivity index (χ2v) is 5.43. The van der Waals surface area contributed by atoms with E-state index in [2.05, 4.69) is 18.3 Å². The molecule has 19 heavy (non-hydrogen) atoms. The molecule has 1 aromatic carbocycles. The maximum absolute atomic E-state index is 5.43. The van der Waals surface area contributed by atoms with Gasteiger partial charge in [0.05, 0.1) is 14.2 Å². The highest BCUT2D eigenvalue weighted by molar-refractivity contribution is 5.40. The van der Waals surface area contributed by atoms with E-state index in [1.807, 2.05) is 12.1 Å². The van der Waals surface area contributed by atoms with Crippen LogP contribution in [0.5, 0.6) is 11.5 Å². The van der Waals surface area contributed by atoms with Crippen molar-refractivity contribution in [2.24, 2.45) is 5.92 Å². The first-order valence-electron chi connectivity index (χ1n) is 7.19. The van der Waals surface area contributed by atoms with E-state index in [0.717, 1.165) is 24.0 Å². The molecule has 1 N–H and O–H groups in total. The average Bonchev–Trinajstić information content (AvgIpc) is 2.46. The smallest absolute Gasteiger partial charge is 0.127 e. The molecule has 0 radical (unpaired) electrons. The van der Waals surface area contributed by atoms with Gasteiger partial charge in [0.2, 0.25) is 0 Å². The van der Waals surface area contributed by atoms with Gasteiger partial charge in [0.25, 0.3) is 0 Å². The van der Waals surface area contributed by atoms with Crippen LogP contribution in [0.4, 0.5) is 0 Å². The molecule has 3 nitrogen and oxygen atoms in total. The van der Waals surface area contributed by atoms with Crippen molar-refractivity contribution in [3.05, 3.63) is 23.8 Å². The summed E-state index contributed by atoms with van der Waals surface area (Å²) in [6.07, 6.45) is 5.37. The molecule has 1 aliphatic rings.